The number of likely N-dealkylation sites (tertiary alicyclic amines) is 1. The normalized spacial score (nSPS) is 17.0. The molecule has 2 aromatic rings. The quantitative estimate of drug-likeness (QED) is 0.789. The number of alkyl halides is 3. The van der Waals surface area contributed by atoms with Crippen LogP contribution in [-0.2, 0) is 16.1 Å². The summed E-state index contributed by atoms with van der Waals surface area (Å²) in [5.41, 5.74) is 1.89. The zero-order valence-corrected chi connectivity index (χ0v) is 16.0. The highest BCUT2D eigenvalue weighted by Crippen LogP contribution is 2.33. The van der Waals surface area contributed by atoms with E-state index in [-0.39, 0.29) is 24.9 Å². The summed E-state index contributed by atoms with van der Waals surface area (Å²) in [6.45, 7) is 1.57. The zero-order valence-electron chi connectivity index (χ0n) is 16.0. The summed E-state index contributed by atoms with van der Waals surface area (Å²) in [6.07, 6.45) is -4.17. The van der Waals surface area contributed by atoms with Crippen molar-refractivity contribution < 1.29 is 27.5 Å². The van der Waals surface area contributed by atoms with E-state index in [1.807, 2.05) is 31.2 Å². The number of aryl methyl sites for hydroxylation is 1. The SMILES string of the molecule is CCn1c([C@H]2CCCN2C(=O)CCNC(=O)OCC(F)(F)F)nc2ccccc21. The molecule has 29 heavy (non-hydrogen) atoms. The second-order valence-corrected chi connectivity index (χ2v) is 6.82. The molecule has 1 atom stereocenters. The van der Waals surface area contributed by atoms with Crippen molar-refractivity contribution in [1.29, 1.82) is 0 Å². The molecular formula is C19H23F3N4O3. The van der Waals surface area contributed by atoms with Crippen LogP contribution >= 0.6 is 0 Å². The number of alkyl carbamates (subject to hydrolysis) is 1. The van der Waals surface area contributed by atoms with Gasteiger partial charge in [-0.1, -0.05) is 12.1 Å². The average Bonchev–Trinajstić information content (AvgIpc) is 3.29. The van der Waals surface area contributed by atoms with Gasteiger partial charge in [0.15, 0.2) is 6.61 Å². The molecule has 158 valence electrons. The summed E-state index contributed by atoms with van der Waals surface area (Å²) in [7, 11) is 0. The highest BCUT2D eigenvalue weighted by atomic mass is 19.4. The van der Waals surface area contributed by atoms with E-state index in [2.05, 4.69) is 14.6 Å². The highest BCUT2D eigenvalue weighted by Gasteiger charge is 2.33. The number of halogens is 3. The minimum absolute atomic E-state index is 0.0238. The van der Waals surface area contributed by atoms with E-state index >= 15 is 0 Å². The predicted molar refractivity (Wildman–Crippen MR) is 99.1 cm³/mol. The van der Waals surface area contributed by atoms with E-state index in [4.69, 9.17) is 4.98 Å². The Kier molecular flexibility index (Phi) is 6.29. The Balaban J connectivity index is 1.61. The molecule has 7 nitrogen and oxygen atoms in total. The molecule has 1 aromatic heterocycles. The molecule has 0 spiro atoms. The third kappa shape index (κ3) is 4.99. The lowest BCUT2D eigenvalue weighted by molar-refractivity contribution is -0.160. The lowest BCUT2D eigenvalue weighted by Gasteiger charge is -2.25. The fraction of sp³-hybridized carbons (Fsp3) is 0.526. The van der Waals surface area contributed by atoms with Crippen LogP contribution in [-0.4, -0.2) is 52.3 Å². The van der Waals surface area contributed by atoms with Gasteiger partial charge < -0.3 is 19.5 Å². The first kappa shape index (κ1) is 20.9. The number of hydrogen-bond acceptors (Lipinski definition) is 4. The lowest BCUT2D eigenvalue weighted by Crippen LogP contribution is -2.36. The minimum Gasteiger partial charge on any atom is -0.440 e. The van der Waals surface area contributed by atoms with Gasteiger partial charge in [0, 0.05) is 26.1 Å². The molecule has 1 N–H and O–H groups in total. The molecule has 2 heterocycles. The first-order chi connectivity index (χ1) is 13.8. The van der Waals surface area contributed by atoms with Gasteiger partial charge in [-0.15, -0.1) is 0 Å². The number of para-hydroxylation sites is 2. The summed E-state index contributed by atoms with van der Waals surface area (Å²) >= 11 is 0. The number of nitrogens with one attached hydrogen (secondary N) is 1. The van der Waals surface area contributed by atoms with Crippen molar-refractivity contribution in [2.45, 2.75) is 44.9 Å². The second kappa shape index (κ2) is 8.71. The molecular weight excluding hydrogens is 389 g/mol. The Morgan fingerprint density at radius 2 is 2.07 bits per heavy atom. The van der Waals surface area contributed by atoms with Gasteiger partial charge in [0.2, 0.25) is 5.91 Å². The second-order valence-electron chi connectivity index (χ2n) is 6.82. The van der Waals surface area contributed by atoms with Crippen molar-refractivity contribution in [3.05, 3.63) is 30.1 Å². The van der Waals surface area contributed by atoms with Gasteiger partial charge in [-0.25, -0.2) is 9.78 Å². The fourth-order valence-corrected chi connectivity index (χ4v) is 3.63. The van der Waals surface area contributed by atoms with Crippen molar-refractivity contribution in [1.82, 2.24) is 19.8 Å². The van der Waals surface area contributed by atoms with E-state index in [9.17, 15) is 22.8 Å². The van der Waals surface area contributed by atoms with Gasteiger partial charge in [0.1, 0.15) is 5.82 Å². The first-order valence-electron chi connectivity index (χ1n) is 9.52. The molecule has 1 aliphatic rings. The Morgan fingerprint density at radius 3 is 2.79 bits per heavy atom. The van der Waals surface area contributed by atoms with Gasteiger partial charge >= 0.3 is 12.3 Å². The van der Waals surface area contributed by atoms with Gasteiger partial charge in [0.25, 0.3) is 0 Å². The maximum atomic E-state index is 12.7. The average molecular weight is 412 g/mol. The molecule has 1 aliphatic heterocycles. The summed E-state index contributed by atoms with van der Waals surface area (Å²) in [6, 6.07) is 7.63. The molecule has 2 amide bonds. The molecule has 1 aromatic carbocycles. The fourth-order valence-electron chi connectivity index (χ4n) is 3.63. The molecule has 0 unspecified atom stereocenters. The lowest BCUT2D eigenvalue weighted by atomic mass is 10.2. The van der Waals surface area contributed by atoms with Gasteiger partial charge in [-0.05, 0) is 31.9 Å². The number of carbonyl (C=O) groups excluding carboxylic acids is 2. The highest BCUT2D eigenvalue weighted by molar-refractivity contribution is 5.79. The van der Waals surface area contributed by atoms with E-state index < -0.39 is 18.9 Å². The number of rotatable bonds is 6. The molecule has 1 fully saturated rings. The van der Waals surface area contributed by atoms with Crippen LogP contribution in [0.4, 0.5) is 18.0 Å². The van der Waals surface area contributed by atoms with Gasteiger partial charge in [0.05, 0.1) is 17.1 Å². The molecule has 10 heteroatoms. The molecule has 0 aliphatic carbocycles. The summed E-state index contributed by atoms with van der Waals surface area (Å²) < 4.78 is 42.3. The maximum Gasteiger partial charge on any atom is 0.422 e. The smallest absolute Gasteiger partial charge is 0.422 e. The first-order valence-corrected chi connectivity index (χ1v) is 9.52. The van der Waals surface area contributed by atoms with Crippen molar-refractivity contribution in [3.8, 4) is 0 Å². The van der Waals surface area contributed by atoms with Crippen LogP contribution in [0, 0.1) is 0 Å². The van der Waals surface area contributed by atoms with E-state index in [1.165, 1.54) is 0 Å². The number of fused-ring (bicyclic) bond motifs is 1. The largest absolute Gasteiger partial charge is 0.440 e. The number of benzene rings is 1. The number of aromatic nitrogens is 2. The van der Waals surface area contributed by atoms with Crippen molar-refractivity contribution in [3.63, 3.8) is 0 Å². The molecule has 0 bridgehead atoms. The number of carbonyl (C=O) groups is 2. The summed E-state index contributed by atoms with van der Waals surface area (Å²) in [5.74, 6) is 0.649. The Hall–Kier alpha value is -2.78. The van der Waals surface area contributed by atoms with E-state index in [0.717, 1.165) is 36.2 Å². The Labute approximate surface area is 165 Å². The van der Waals surface area contributed by atoms with E-state index in [0.29, 0.717) is 6.54 Å². The number of ether oxygens (including phenoxy) is 1. The van der Waals surface area contributed by atoms with Crippen LogP contribution in [0.25, 0.3) is 11.0 Å². The van der Waals surface area contributed by atoms with E-state index in [1.54, 1.807) is 4.90 Å². The molecule has 1 saturated heterocycles. The number of imidazole rings is 1. The Morgan fingerprint density at radius 1 is 1.31 bits per heavy atom. The molecule has 0 radical (unpaired) electrons. The molecule has 0 saturated carbocycles. The number of hydrogen-bond donors (Lipinski definition) is 1. The van der Waals surface area contributed by atoms with Crippen LogP contribution in [0.2, 0.25) is 0 Å². The predicted octanol–water partition coefficient (Wildman–Crippen LogP) is 3.40. The summed E-state index contributed by atoms with van der Waals surface area (Å²) in [5, 5.41) is 2.18. The molecule has 3 rings (SSSR count). The Bertz CT molecular complexity index is 881. The van der Waals surface area contributed by atoms with Crippen LogP contribution in [0.5, 0.6) is 0 Å². The third-order valence-corrected chi connectivity index (χ3v) is 4.85. The summed E-state index contributed by atoms with van der Waals surface area (Å²) in [4.78, 5) is 30.4. The van der Waals surface area contributed by atoms with Gasteiger partial charge in [-0.2, -0.15) is 13.2 Å². The number of amides is 2. The minimum atomic E-state index is -4.58. The van der Waals surface area contributed by atoms with Crippen LogP contribution in [0.15, 0.2) is 24.3 Å². The monoisotopic (exact) mass is 412 g/mol. The zero-order chi connectivity index (χ0) is 21.0. The van der Waals surface area contributed by atoms with Crippen molar-refractivity contribution >= 4 is 23.0 Å². The van der Waals surface area contributed by atoms with Crippen LogP contribution in [0.3, 0.4) is 0 Å². The van der Waals surface area contributed by atoms with Crippen molar-refractivity contribution in [2.24, 2.45) is 0 Å². The van der Waals surface area contributed by atoms with Crippen molar-refractivity contribution in [2.75, 3.05) is 19.7 Å². The maximum absolute atomic E-state index is 12.7. The van der Waals surface area contributed by atoms with Crippen LogP contribution in [0.1, 0.15) is 38.1 Å². The topological polar surface area (TPSA) is 76.5 Å². The number of nitrogens with zero attached hydrogens (tertiary/aromatic N) is 3. The van der Waals surface area contributed by atoms with Crippen LogP contribution < -0.4 is 5.32 Å². The standard InChI is InChI=1S/C19H23F3N4O3/c1-2-25-14-7-4-3-6-13(14)24-17(25)15-8-5-11-26(15)16(27)9-10-23-18(28)29-12-19(20,21)22/h3-4,6-7,15H,2,5,8-12H2,1H3,(H,23,28)/t15-/m1/s1. The third-order valence-electron chi connectivity index (χ3n) is 4.85. The van der Waals surface area contributed by atoms with Gasteiger partial charge in [-0.3, -0.25) is 4.79 Å².